The second kappa shape index (κ2) is 5.25. The quantitative estimate of drug-likeness (QED) is 0.746. The van der Waals surface area contributed by atoms with Crippen molar-refractivity contribution in [1.82, 2.24) is 15.1 Å². The van der Waals surface area contributed by atoms with Gasteiger partial charge in [0.15, 0.2) is 0 Å². The molecule has 3 nitrogen and oxygen atoms in total. The lowest BCUT2D eigenvalue weighted by atomic mass is 9.95. The Bertz CT molecular complexity index is 238. The normalized spacial score (nSPS) is 33.9. The van der Waals surface area contributed by atoms with E-state index < -0.39 is 0 Å². The lowest BCUT2D eigenvalue weighted by molar-refractivity contribution is 0.0318. The van der Waals surface area contributed by atoms with E-state index >= 15 is 0 Å². The van der Waals surface area contributed by atoms with E-state index in [0.717, 1.165) is 12.0 Å². The Morgan fingerprint density at radius 3 is 2.18 bits per heavy atom. The summed E-state index contributed by atoms with van der Waals surface area (Å²) in [7, 11) is 0. The molecule has 2 aliphatic rings. The highest BCUT2D eigenvalue weighted by Gasteiger charge is 2.30. The van der Waals surface area contributed by atoms with Gasteiger partial charge in [-0.1, -0.05) is 6.92 Å². The molecule has 0 radical (unpaired) electrons. The van der Waals surface area contributed by atoms with Crippen LogP contribution in [0.3, 0.4) is 0 Å². The summed E-state index contributed by atoms with van der Waals surface area (Å²) in [6.45, 7) is 16.7. The van der Waals surface area contributed by atoms with Gasteiger partial charge in [0.1, 0.15) is 0 Å². The van der Waals surface area contributed by atoms with Crippen LogP contribution in [0.5, 0.6) is 0 Å². The van der Waals surface area contributed by atoms with Crippen LogP contribution >= 0.6 is 0 Å². The molecular weight excluding hydrogens is 210 g/mol. The Hall–Kier alpha value is -0.120. The molecule has 0 aromatic carbocycles. The molecule has 17 heavy (non-hydrogen) atoms. The number of piperidine rings is 1. The maximum Gasteiger partial charge on any atom is 0.0224 e. The highest BCUT2D eigenvalue weighted by Crippen LogP contribution is 2.20. The van der Waals surface area contributed by atoms with Crippen molar-refractivity contribution in [2.75, 3.05) is 39.3 Å². The summed E-state index contributed by atoms with van der Waals surface area (Å²) in [4.78, 5) is 5.31. The molecule has 0 spiro atoms. The van der Waals surface area contributed by atoms with Gasteiger partial charge >= 0.3 is 0 Å². The van der Waals surface area contributed by atoms with Crippen molar-refractivity contribution in [3.8, 4) is 0 Å². The summed E-state index contributed by atoms with van der Waals surface area (Å²) in [5.74, 6) is 0.842. The van der Waals surface area contributed by atoms with E-state index in [-0.39, 0.29) is 0 Å². The Labute approximate surface area is 107 Å². The zero-order chi connectivity index (χ0) is 12.5. The maximum atomic E-state index is 3.57. The molecule has 0 aromatic heterocycles. The average molecular weight is 239 g/mol. The highest BCUT2D eigenvalue weighted by molar-refractivity contribution is 4.87. The number of rotatable bonds is 1. The van der Waals surface area contributed by atoms with Gasteiger partial charge in [0.2, 0.25) is 0 Å². The molecule has 0 saturated carbocycles. The fourth-order valence-corrected chi connectivity index (χ4v) is 3.16. The number of hydrogen-bond donors (Lipinski definition) is 1. The van der Waals surface area contributed by atoms with E-state index in [0.29, 0.717) is 5.54 Å². The van der Waals surface area contributed by atoms with Gasteiger partial charge in [0, 0.05) is 44.3 Å². The van der Waals surface area contributed by atoms with Crippen molar-refractivity contribution in [2.24, 2.45) is 5.92 Å². The van der Waals surface area contributed by atoms with Gasteiger partial charge < -0.3 is 5.32 Å². The van der Waals surface area contributed by atoms with Crippen LogP contribution < -0.4 is 5.32 Å². The first-order chi connectivity index (χ1) is 7.97. The summed E-state index contributed by atoms with van der Waals surface area (Å²) in [6.07, 6.45) is 1.38. The molecule has 2 rings (SSSR count). The lowest BCUT2D eigenvalue weighted by Gasteiger charge is -2.46. The molecular formula is C14H29N3. The van der Waals surface area contributed by atoms with E-state index in [2.05, 4.69) is 42.8 Å². The van der Waals surface area contributed by atoms with Crippen molar-refractivity contribution >= 4 is 0 Å². The molecule has 2 saturated heterocycles. The molecule has 2 atom stereocenters. The molecule has 2 aliphatic heterocycles. The number of hydrogen-bond acceptors (Lipinski definition) is 3. The van der Waals surface area contributed by atoms with Crippen LogP contribution in [0.1, 0.15) is 34.1 Å². The lowest BCUT2D eigenvalue weighted by Crippen LogP contribution is -2.58. The largest absolute Gasteiger partial charge is 0.315 e. The van der Waals surface area contributed by atoms with E-state index in [1.54, 1.807) is 0 Å². The molecule has 0 aliphatic carbocycles. The Morgan fingerprint density at radius 1 is 1.00 bits per heavy atom. The third kappa shape index (κ3) is 3.43. The summed E-state index contributed by atoms with van der Waals surface area (Å²) < 4.78 is 0. The van der Waals surface area contributed by atoms with Gasteiger partial charge in [-0.15, -0.1) is 0 Å². The minimum Gasteiger partial charge on any atom is -0.315 e. The minimum absolute atomic E-state index is 0.337. The minimum atomic E-state index is 0.337. The first kappa shape index (κ1) is 13.3. The SMILES string of the molecule is CC1CNCC(N2CCN(C(C)(C)C)CC2)C1. The fraction of sp³-hybridized carbons (Fsp3) is 1.00. The standard InChI is InChI=1S/C14H29N3/c1-12-9-13(11-15-10-12)16-5-7-17(8-6-16)14(2,3)4/h12-13,15H,5-11H2,1-4H3. The Balaban J connectivity index is 1.82. The van der Waals surface area contributed by atoms with E-state index in [4.69, 9.17) is 0 Å². The third-order valence-electron chi connectivity index (χ3n) is 4.33. The fourth-order valence-electron chi connectivity index (χ4n) is 3.16. The number of nitrogens with zero attached hydrogens (tertiary/aromatic N) is 2. The van der Waals surface area contributed by atoms with Gasteiger partial charge in [0.25, 0.3) is 0 Å². The summed E-state index contributed by atoms with van der Waals surface area (Å²) >= 11 is 0. The van der Waals surface area contributed by atoms with Crippen LogP contribution in [0, 0.1) is 5.92 Å². The topological polar surface area (TPSA) is 18.5 Å². The zero-order valence-corrected chi connectivity index (χ0v) is 12.0. The predicted octanol–water partition coefficient (Wildman–Crippen LogP) is 1.40. The van der Waals surface area contributed by atoms with Crippen molar-refractivity contribution in [3.63, 3.8) is 0 Å². The van der Waals surface area contributed by atoms with Crippen LogP contribution in [0.25, 0.3) is 0 Å². The molecule has 0 amide bonds. The Kier molecular flexibility index (Phi) is 4.11. The van der Waals surface area contributed by atoms with Gasteiger partial charge in [-0.3, -0.25) is 9.80 Å². The molecule has 0 bridgehead atoms. The van der Waals surface area contributed by atoms with Crippen molar-refractivity contribution in [2.45, 2.75) is 45.7 Å². The van der Waals surface area contributed by atoms with Crippen molar-refractivity contribution in [3.05, 3.63) is 0 Å². The van der Waals surface area contributed by atoms with Crippen LogP contribution in [-0.4, -0.2) is 60.6 Å². The maximum absolute atomic E-state index is 3.57. The molecule has 3 heteroatoms. The summed E-state index contributed by atoms with van der Waals surface area (Å²) in [6, 6.07) is 0.779. The van der Waals surface area contributed by atoms with Gasteiger partial charge in [0.05, 0.1) is 0 Å². The van der Waals surface area contributed by atoms with E-state index in [9.17, 15) is 0 Å². The van der Waals surface area contributed by atoms with Gasteiger partial charge in [-0.25, -0.2) is 0 Å². The first-order valence-corrected chi connectivity index (χ1v) is 7.16. The van der Waals surface area contributed by atoms with Crippen LogP contribution in [0.2, 0.25) is 0 Å². The van der Waals surface area contributed by atoms with Gasteiger partial charge in [-0.05, 0) is 39.7 Å². The average Bonchev–Trinajstić information content (AvgIpc) is 2.28. The second-order valence-corrected chi connectivity index (χ2v) is 6.85. The van der Waals surface area contributed by atoms with Crippen LogP contribution in [-0.2, 0) is 0 Å². The molecule has 2 fully saturated rings. The van der Waals surface area contributed by atoms with Crippen molar-refractivity contribution < 1.29 is 0 Å². The smallest absolute Gasteiger partial charge is 0.0224 e. The molecule has 0 aromatic rings. The van der Waals surface area contributed by atoms with Gasteiger partial charge in [-0.2, -0.15) is 0 Å². The van der Waals surface area contributed by atoms with E-state index in [1.165, 1.54) is 45.7 Å². The monoisotopic (exact) mass is 239 g/mol. The van der Waals surface area contributed by atoms with E-state index in [1.807, 2.05) is 0 Å². The molecule has 1 N–H and O–H groups in total. The van der Waals surface area contributed by atoms with Crippen molar-refractivity contribution in [1.29, 1.82) is 0 Å². The van der Waals surface area contributed by atoms with Crippen LogP contribution in [0.15, 0.2) is 0 Å². The summed E-state index contributed by atoms with van der Waals surface area (Å²) in [5, 5.41) is 3.57. The Morgan fingerprint density at radius 2 is 1.65 bits per heavy atom. The summed E-state index contributed by atoms with van der Waals surface area (Å²) in [5.41, 5.74) is 0.337. The predicted molar refractivity (Wildman–Crippen MR) is 73.3 cm³/mol. The number of piperazine rings is 1. The highest BCUT2D eigenvalue weighted by atomic mass is 15.3. The first-order valence-electron chi connectivity index (χ1n) is 7.16. The zero-order valence-electron chi connectivity index (χ0n) is 12.0. The molecule has 2 heterocycles. The molecule has 100 valence electrons. The second-order valence-electron chi connectivity index (χ2n) is 6.85. The third-order valence-corrected chi connectivity index (χ3v) is 4.33. The van der Waals surface area contributed by atoms with Crippen LogP contribution in [0.4, 0.5) is 0 Å². The molecule has 2 unspecified atom stereocenters. The number of nitrogens with one attached hydrogen (secondary N) is 1.